The molecule has 0 fully saturated rings. The van der Waals surface area contributed by atoms with Gasteiger partial charge in [-0.05, 0) is 55.5 Å². The molecule has 2 aromatic rings. The number of carbonyl (C=O) groups excluding carboxylic acids is 2. The van der Waals surface area contributed by atoms with Crippen LogP contribution in [0.5, 0.6) is 5.75 Å². The Morgan fingerprint density at radius 1 is 1.04 bits per heavy atom. The van der Waals surface area contributed by atoms with Crippen molar-refractivity contribution in [3.63, 3.8) is 0 Å². The van der Waals surface area contributed by atoms with Crippen LogP contribution in [0.15, 0.2) is 48.5 Å². The molecule has 120 valence electrons. The molecule has 2 rings (SSSR count). The van der Waals surface area contributed by atoms with Crippen LogP contribution in [0.4, 0.5) is 11.4 Å². The highest BCUT2D eigenvalue weighted by atomic mass is 16.5. The standard InChI is InChI=1S/C17H18N2O4/c1-2-22-17(21)12-3-7-14(8-4-12)19-16(20)11-23-15-9-5-13(18)6-10-15/h3-10H,2,11,18H2,1H3,(H,19,20). The Labute approximate surface area is 134 Å². The summed E-state index contributed by atoms with van der Waals surface area (Å²) < 4.78 is 10.2. The van der Waals surface area contributed by atoms with Crippen LogP contribution in [-0.4, -0.2) is 25.1 Å². The Kier molecular flexibility index (Phi) is 5.57. The van der Waals surface area contributed by atoms with Crippen LogP contribution < -0.4 is 15.8 Å². The number of rotatable bonds is 6. The van der Waals surface area contributed by atoms with Crippen LogP contribution in [-0.2, 0) is 9.53 Å². The largest absolute Gasteiger partial charge is 0.484 e. The van der Waals surface area contributed by atoms with E-state index in [0.29, 0.717) is 29.3 Å². The molecular formula is C17H18N2O4. The van der Waals surface area contributed by atoms with E-state index < -0.39 is 5.97 Å². The molecule has 6 nitrogen and oxygen atoms in total. The molecule has 0 atom stereocenters. The van der Waals surface area contributed by atoms with E-state index in [1.807, 2.05) is 0 Å². The Hall–Kier alpha value is -3.02. The Bertz CT molecular complexity index is 666. The number of nitrogen functional groups attached to an aromatic ring is 1. The average Bonchev–Trinajstić information content (AvgIpc) is 2.55. The molecule has 6 heteroatoms. The Morgan fingerprint density at radius 3 is 2.30 bits per heavy atom. The first-order valence-electron chi connectivity index (χ1n) is 7.14. The molecule has 0 spiro atoms. The fourth-order valence-electron chi connectivity index (χ4n) is 1.81. The van der Waals surface area contributed by atoms with E-state index in [4.69, 9.17) is 15.2 Å². The summed E-state index contributed by atoms with van der Waals surface area (Å²) in [7, 11) is 0. The Morgan fingerprint density at radius 2 is 1.70 bits per heavy atom. The first-order valence-corrected chi connectivity index (χ1v) is 7.14. The van der Waals surface area contributed by atoms with Gasteiger partial charge in [0, 0.05) is 11.4 Å². The van der Waals surface area contributed by atoms with Gasteiger partial charge in [0.15, 0.2) is 6.61 Å². The summed E-state index contributed by atoms with van der Waals surface area (Å²) in [5.41, 5.74) is 7.20. The maximum Gasteiger partial charge on any atom is 0.338 e. The topological polar surface area (TPSA) is 90.6 Å². The minimum absolute atomic E-state index is 0.121. The maximum absolute atomic E-state index is 11.8. The molecule has 1 amide bonds. The normalized spacial score (nSPS) is 9.96. The second-order valence-corrected chi connectivity index (χ2v) is 4.70. The van der Waals surface area contributed by atoms with E-state index >= 15 is 0 Å². The first-order chi connectivity index (χ1) is 11.1. The fraction of sp³-hybridized carbons (Fsp3) is 0.176. The first kappa shape index (κ1) is 16.4. The molecule has 3 N–H and O–H groups in total. The minimum atomic E-state index is -0.392. The zero-order valence-corrected chi connectivity index (χ0v) is 12.7. The number of hydrogen-bond acceptors (Lipinski definition) is 5. The molecule has 0 saturated carbocycles. The van der Waals surface area contributed by atoms with Crippen molar-refractivity contribution in [2.24, 2.45) is 0 Å². The third-order valence-corrected chi connectivity index (χ3v) is 2.93. The molecule has 23 heavy (non-hydrogen) atoms. The molecule has 0 aliphatic rings. The van der Waals surface area contributed by atoms with Gasteiger partial charge in [0.1, 0.15) is 5.75 Å². The molecule has 0 saturated heterocycles. The van der Waals surface area contributed by atoms with Gasteiger partial charge in [0.05, 0.1) is 12.2 Å². The molecule has 0 aromatic heterocycles. The van der Waals surface area contributed by atoms with Gasteiger partial charge in [-0.15, -0.1) is 0 Å². The van der Waals surface area contributed by atoms with E-state index in [-0.39, 0.29) is 12.5 Å². The molecule has 0 radical (unpaired) electrons. The summed E-state index contributed by atoms with van der Waals surface area (Å²) >= 11 is 0. The quantitative estimate of drug-likeness (QED) is 0.631. The number of ether oxygens (including phenoxy) is 2. The van der Waals surface area contributed by atoms with Gasteiger partial charge in [-0.2, -0.15) is 0 Å². The monoisotopic (exact) mass is 314 g/mol. The van der Waals surface area contributed by atoms with Crippen molar-refractivity contribution in [1.29, 1.82) is 0 Å². The van der Waals surface area contributed by atoms with E-state index in [2.05, 4.69) is 5.32 Å². The number of esters is 1. The van der Waals surface area contributed by atoms with Crippen molar-refractivity contribution in [1.82, 2.24) is 0 Å². The van der Waals surface area contributed by atoms with Crippen molar-refractivity contribution in [2.45, 2.75) is 6.92 Å². The van der Waals surface area contributed by atoms with Gasteiger partial charge >= 0.3 is 5.97 Å². The number of anilines is 2. The lowest BCUT2D eigenvalue weighted by Gasteiger charge is -2.08. The SMILES string of the molecule is CCOC(=O)c1ccc(NC(=O)COc2ccc(N)cc2)cc1. The third kappa shape index (κ3) is 5.03. The van der Waals surface area contributed by atoms with Crippen molar-refractivity contribution in [3.05, 3.63) is 54.1 Å². The van der Waals surface area contributed by atoms with Crippen LogP contribution in [0.3, 0.4) is 0 Å². The van der Waals surface area contributed by atoms with E-state index in [9.17, 15) is 9.59 Å². The number of nitrogens with two attached hydrogens (primary N) is 1. The van der Waals surface area contributed by atoms with Crippen LogP contribution in [0, 0.1) is 0 Å². The lowest BCUT2D eigenvalue weighted by Crippen LogP contribution is -2.20. The number of hydrogen-bond donors (Lipinski definition) is 2. The molecule has 0 bridgehead atoms. The zero-order chi connectivity index (χ0) is 16.7. The predicted molar refractivity (Wildman–Crippen MR) is 87.4 cm³/mol. The summed E-state index contributed by atoms with van der Waals surface area (Å²) in [4.78, 5) is 23.3. The minimum Gasteiger partial charge on any atom is -0.484 e. The summed E-state index contributed by atoms with van der Waals surface area (Å²) in [6.45, 7) is 1.94. The molecule has 0 heterocycles. The van der Waals surface area contributed by atoms with E-state index in [1.54, 1.807) is 55.5 Å². The van der Waals surface area contributed by atoms with Crippen molar-refractivity contribution in [3.8, 4) is 5.75 Å². The van der Waals surface area contributed by atoms with Gasteiger partial charge in [0.2, 0.25) is 0 Å². The molecule has 0 aliphatic carbocycles. The predicted octanol–water partition coefficient (Wildman–Crippen LogP) is 2.46. The van der Waals surface area contributed by atoms with Crippen molar-refractivity contribution in [2.75, 3.05) is 24.3 Å². The summed E-state index contributed by atoms with van der Waals surface area (Å²) in [5, 5.41) is 2.68. The van der Waals surface area contributed by atoms with Crippen molar-refractivity contribution >= 4 is 23.3 Å². The average molecular weight is 314 g/mol. The molecule has 0 aliphatic heterocycles. The maximum atomic E-state index is 11.8. The van der Waals surface area contributed by atoms with Gasteiger partial charge in [0.25, 0.3) is 5.91 Å². The lowest BCUT2D eigenvalue weighted by molar-refractivity contribution is -0.118. The Balaban J connectivity index is 1.85. The second-order valence-electron chi connectivity index (χ2n) is 4.70. The zero-order valence-electron chi connectivity index (χ0n) is 12.7. The molecule has 2 aromatic carbocycles. The van der Waals surface area contributed by atoms with E-state index in [1.165, 1.54) is 0 Å². The lowest BCUT2D eigenvalue weighted by atomic mass is 10.2. The van der Waals surface area contributed by atoms with Crippen LogP contribution >= 0.6 is 0 Å². The van der Waals surface area contributed by atoms with E-state index in [0.717, 1.165) is 0 Å². The number of amides is 1. The summed E-state index contributed by atoms with van der Waals surface area (Å²) in [6, 6.07) is 13.2. The van der Waals surface area contributed by atoms with Gasteiger partial charge in [-0.1, -0.05) is 0 Å². The molecule has 0 unspecified atom stereocenters. The van der Waals surface area contributed by atoms with Gasteiger partial charge < -0.3 is 20.5 Å². The van der Waals surface area contributed by atoms with Crippen LogP contribution in [0.1, 0.15) is 17.3 Å². The number of benzene rings is 2. The van der Waals surface area contributed by atoms with Crippen molar-refractivity contribution < 1.29 is 19.1 Å². The van der Waals surface area contributed by atoms with Crippen LogP contribution in [0.2, 0.25) is 0 Å². The summed E-state index contributed by atoms with van der Waals surface area (Å²) in [6.07, 6.45) is 0. The number of carbonyl (C=O) groups is 2. The highest BCUT2D eigenvalue weighted by molar-refractivity contribution is 5.93. The third-order valence-electron chi connectivity index (χ3n) is 2.93. The number of nitrogens with one attached hydrogen (secondary N) is 1. The summed E-state index contributed by atoms with van der Waals surface area (Å²) in [5.74, 6) is -0.130. The second kappa shape index (κ2) is 7.84. The van der Waals surface area contributed by atoms with Gasteiger partial charge in [-0.3, -0.25) is 4.79 Å². The van der Waals surface area contributed by atoms with Gasteiger partial charge in [-0.25, -0.2) is 4.79 Å². The highest BCUT2D eigenvalue weighted by Gasteiger charge is 2.07. The smallest absolute Gasteiger partial charge is 0.338 e. The molecular weight excluding hydrogens is 296 g/mol. The highest BCUT2D eigenvalue weighted by Crippen LogP contribution is 2.14. The fourth-order valence-corrected chi connectivity index (χ4v) is 1.81. The van der Waals surface area contributed by atoms with Crippen LogP contribution in [0.25, 0.3) is 0 Å².